The molecular formula is C15H27ClN4O. The Balaban J connectivity index is 2.23. The van der Waals surface area contributed by atoms with Crippen LogP contribution in [0.3, 0.4) is 0 Å². The Kier molecular flexibility index (Phi) is 8.38. The third kappa shape index (κ3) is 7.48. The minimum atomic E-state index is 0.0792. The van der Waals surface area contributed by atoms with Crippen molar-refractivity contribution in [1.29, 1.82) is 0 Å². The molecule has 0 unspecified atom stereocenters. The molecular weight excluding hydrogens is 288 g/mol. The standard InChI is InChI=1S/C15H27ClN4O/c1-4-5-6-13-19-12(15(16)20-13)10-17-8-7-14(21)18-9-11(2)3/h11,17H,4-10H2,1-3H3,(H,18,21)(H,19,20). The maximum absolute atomic E-state index is 11.6. The van der Waals surface area contributed by atoms with Gasteiger partial charge in [0.1, 0.15) is 5.82 Å². The van der Waals surface area contributed by atoms with E-state index < -0.39 is 0 Å². The Hall–Kier alpha value is -1.07. The summed E-state index contributed by atoms with van der Waals surface area (Å²) in [7, 11) is 0. The van der Waals surface area contributed by atoms with Gasteiger partial charge in [-0.2, -0.15) is 0 Å². The number of aromatic amines is 1. The monoisotopic (exact) mass is 314 g/mol. The van der Waals surface area contributed by atoms with Gasteiger partial charge in [0.05, 0.1) is 5.69 Å². The predicted octanol–water partition coefficient (Wildman–Crippen LogP) is 2.66. The van der Waals surface area contributed by atoms with Crippen molar-refractivity contribution in [1.82, 2.24) is 20.6 Å². The third-order valence-corrected chi connectivity index (χ3v) is 3.40. The number of carbonyl (C=O) groups is 1. The Bertz CT molecular complexity index is 431. The molecule has 0 saturated heterocycles. The van der Waals surface area contributed by atoms with Crippen LogP contribution in [0.15, 0.2) is 0 Å². The lowest BCUT2D eigenvalue weighted by atomic mass is 10.2. The Morgan fingerprint density at radius 2 is 2.19 bits per heavy atom. The van der Waals surface area contributed by atoms with Gasteiger partial charge in [0.15, 0.2) is 5.15 Å². The van der Waals surface area contributed by atoms with Crippen molar-refractivity contribution in [3.05, 3.63) is 16.7 Å². The zero-order valence-electron chi connectivity index (χ0n) is 13.3. The molecule has 1 amide bonds. The van der Waals surface area contributed by atoms with Gasteiger partial charge in [0.2, 0.25) is 5.91 Å². The Labute approximate surface area is 132 Å². The van der Waals surface area contributed by atoms with E-state index in [1.807, 2.05) is 0 Å². The molecule has 1 aromatic rings. The molecule has 1 rings (SSSR count). The van der Waals surface area contributed by atoms with Crippen LogP contribution in [0.1, 0.15) is 51.6 Å². The molecule has 0 aliphatic heterocycles. The maximum atomic E-state index is 11.6. The van der Waals surface area contributed by atoms with Crippen LogP contribution in [0.4, 0.5) is 0 Å². The number of aromatic nitrogens is 2. The first-order valence-electron chi connectivity index (χ1n) is 7.73. The lowest BCUT2D eigenvalue weighted by Crippen LogP contribution is -2.30. The van der Waals surface area contributed by atoms with Crippen molar-refractivity contribution in [2.75, 3.05) is 13.1 Å². The van der Waals surface area contributed by atoms with E-state index in [1.54, 1.807) is 0 Å². The number of hydrogen-bond acceptors (Lipinski definition) is 3. The van der Waals surface area contributed by atoms with Crippen molar-refractivity contribution in [2.45, 2.75) is 53.0 Å². The van der Waals surface area contributed by atoms with Crippen molar-refractivity contribution in [3.8, 4) is 0 Å². The van der Waals surface area contributed by atoms with Gasteiger partial charge >= 0.3 is 0 Å². The predicted molar refractivity (Wildman–Crippen MR) is 86.4 cm³/mol. The summed E-state index contributed by atoms with van der Waals surface area (Å²) in [6.45, 7) is 8.27. The second-order valence-corrected chi connectivity index (χ2v) is 6.04. The number of rotatable bonds is 10. The molecule has 0 fully saturated rings. The largest absolute Gasteiger partial charge is 0.356 e. The number of aryl methyl sites for hydroxylation is 1. The summed E-state index contributed by atoms with van der Waals surface area (Å²) >= 11 is 6.09. The van der Waals surface area contributed by atoms with Crippen LogP contribution in [0.2, 0.25) is 5.15 Å². The molecule has 0 atom stereocenters. The van der Waals surface area contributed by atoms with Crippen LogP contribution >= 0.6 is 11.6 Å². The topological polar surface area (TPSA) is 69.8 Å². The number of hydrogen-bond donors (Lipinski definition) is 3. The van der Waals surface area contributed by atoms with E-state index in [-0.39, 0.29) is 5.91 Å². The minimum absolute atomic E-state index is 0.0792. The molecule has 6 heteroatoms. The Morgan fingerprint density at radius 3 is 2.86 bits per heavy atom. The number of carbonyl (C=O) groups excluding carboxylic acids is 1. The molecule has 0 spiro atoms. The number of nitrogens with zero attached hydrogens (tertiary/aromatic N) is 1. The maximum Gasteiger partial charge on any atom is 0.221 e. The molecule has 5 nitrogen and oxygen atoms in total. The second-order valence-electron chi connectivity index (χ2n) is 5.68. The molecule has 21 heavy (non-hydrogen) atoms. The normalized spacial score (nSPS) is 11.1. The molecule has 120 valence electrons. The average molecular weight is 315 g/mol. The highest BCUT2D eigenvalue weighted by Gasteiger charge is 2.08. The summed E-state index contributed by atoms with van der Waals surface area (Å²) < 4.78 is 0. The molecule has 0 radical (unpaired) electrons. The number of nitrogens with one attached hydrogen (secondary N) is 3. The fourth-order valence-corrected chi connectivity index (χ4v) is 2.06. The highest BCUT2D eigenvalue weighted by Crippen LogP contribution is 2.13. The first kappa shape index (κ1) is 18.0. The first-order valence-corrected chi connectivity index (χ1v) is 8.11. The molecule has 0 aliphatic rings. The van der Waals surface area contributed by atoms with Gasteiger partial charge < -0.3 is 15.6 Å². The van der Waals surface area contributed by atoms with Crippen LogP contribution in [-0.2, 0) is 17.8 Å². The lowest BCUT2D eigenvalue weighted by Gasteiger charge is -2.08. The van der Waals surface area contributed by atoms with Crippen LogP contribution in [0.25, 0.3) is 0 Å². The smallest absolute Gasteiger partial charge is 0.221 e. The summed E-state index contributed by atoms with van der Waals surface area (Å²) in [5, 5.41) is 6.63. The molecule has 0 aliphatic carbocycles. The van der Waals surface area contributed by atoms with Crippen molar-refractivity contribution in [3.63, 3.8) is 0 Å². The molecule has 1 aromatic heterocycles. The molecule has 1 heterocycles. The Morgan fingerprint density at radius 1 is 1.43 bits per heavy atom. The van der Waals surface area contributed by atoms with E-state index in [0.717, 1.165) is 37.3 Å². The van der Waals surface area contributed by atoms with E-state index in [4.69, 9.17) is 11.6 Å². The molecule has 0 bridgehead atoms. The van der Waals surface area contributed by atoms with Gasteiger partial charge in [-0.25, -0.2) is 4.98 Å². The fraction of sp³-hybridized carbons (Fsp3) is 0.733. The van der Waals surface area contributed by atoms with E-state index in [2.05, 4.69) is 41.4 Å². The van der Waals surface area contributed by atoms with Gasteiger partial charge in [-0.05, 0) is 12.3 Å². The zero-order chi connectivity index (χ0) is 15.7. The van der Waals surface area contributed by atoms with Gasteiger partial charge in [-0.1, -0.05) is 38.8 Å². The number of amides is 1. The average Bonchev–Trinajstić information content (AvgIpc) is 2.79. The zero-order valence-corrected chi connectivity index (χ0v) is 14.0. The molecule has 0 saturated carbocycles. The van der Waals surface area contributed by atoms with Crippen LogP contribution in [0.5, 0.6) is 0 Å². The van der Waals surface area contributed by atoms with E-state index in [9.17, 15) is 4.79 Å². The summed E-state index contributed by atoms with van der Waals surface area (Å²) in [6.07, 6.45) is 3.64. The number of halogens is 1. The van der Waals surface area contributed by atoms with Gasteiger partial charge in [0.25, 0.3) is 0 Å². The molecule has 3 N–H and O–H groups in total. The SMILES string of the molecule is CCCCc1nc(Cl)c(CNCCC(=O)NCC(C)C)[nH]1. The first-order chi connectivity index (χ1) is 10.0. The van der Waals surface area contributed by atoms with E-state index in [1.165, 1.54) is 0 Å². The summed E-state index contributed by atoms with van der Waals surface area (Å²) in [5.41, 5.74) is 0.894. The third-order valence-electron chi connectivity index (χ3n) is 3.08. The highest BCUT2D eigenvalue weighted by atomic mass is 35.5. The second kappa shape index (κ2) is 9.79. The highest BCUT2D eigenvalue weighted by molar-refractivity contribution is 6.30. The summed E-state index contributed by atoms with van der Waals surface area (Å²) in [4.78, 5) is 19.1. The van der Waals surface area contributed by atoms with Gasteiger partial charge in [0, 0.05) is 32.5 Å². The quantitative estimate of drug-likeness (QED) is 0.581. The summed E-state index contributed by atoms with van der Waals surface area (Å²) in [5.74, 6) is 1.50. The van der Waals surface area contributed by atoms with E-state index >= 15 is 0 Å². The lowest BCUT2D eigenvalue weighted by molar-refractivity contribution is -0.121. The van der Waals surface area contributed by atoms with Crippen LogP contribution in [0, 0.1) is 5.92 Å². The van der Waals surface area contributed by atoms with Crippen molar-refractivity contribution >= 4 is 17.5 Å². The van der Waals surface area contributed by atoms with E-state index in [0.29, 0.717) is 30.6 Å². The fourth-order valence-electron chi connectivity index (χ4n) is 1.84. The summed E-state index contributed by atoms with van der Waals surface area (Å²) in [6, 6.07) is 0. The van der Waals surface area contributed by atoms with Crippen LogP contribution in [-0.4, -0.2) is 29.0 Å². The minimum Gasteiger partial charge on any atom is -0.356 e. The number of H-pyrrole nitrogens is 1. The van der Waals surface area contributed by atoms with Crippen LogP contribution < -0.4 is 10.6 Å². The van der Waals surface area contributed by atoms with Crippen molar-refractivity contribution < 1.29 is 4.79 Å². The van der Waals surface area contributed by atoms with Crippen molar-refractivity contribution in [2.24, 2.45) is 5.92 Å². The van der Waals surface area contributed by atoms with Gasteiger partial charge in [-0.3, -0.25) is 4.79 Å². The van der Waals surface area contributed by atoms with Gasteiger partial charge in [-0.15, -0.1) is 0 Å². The number of imidazole rings is 1. The molecule has 0 aromatic carbocycles. The number of unbranched alkanes of at least 4 members (excludes halogenated alkanes) is 1.